The molecular weight excluding hydrogens is 281 g/mol. The van der Waals surface area contributed by atoms with Gasteiger partial charge in [-0.15, -0.1) is 0 Å². The Labute approximate surface area is 125 Å². The summed E-state index contributed by atoms with van der Waals surface area (Å²) in [5.41, 5.74) is 0.374. The maximum absolute atomic E-state index is 10.7. The summed E-state index contributed by atoms with van der Waals surface area (Å²) in [6.45, 7) is 6.20. The molecule has 0 aliphatic carbocycles. The van der Waals surface area contributed by atoms with Gasteiger partial charge in [-0.05, 0) is 45.8 Å². The number of hydrogen-bond acceptors (Lipinski definition) is 2. The third-order valence-corrected chi connectivity index (χ3v) is 4.95. The van der Waals surface area contributed by atoms with Crippen LogP contribution in [-0.4, -0.2) is 28.6 Å². The largest absolute Gasteiger partial charge is 0.386 e. The van der Waals surface area contributed by atoms with Gasteiger partial charge < -0.3 is 5.11 Å². The Bertz CT molecular complexity index is 442. The first-order chi connectivity index (χ1) is 8.94. The quantitative estimate of drug-likeness (QED) is 0.900. The number of likely N-dealkylation sites (tertiary alicyclic amines) is 1. The minimum Gasteiger partial charge on any atom is -0.386 e. The van der Waals surface area contributed by atoms with Gasteiger partial charge in [-0.3, -0.25) is 4.90 Å². The Morgan fingerprint density at radius 1 is 1.16 bits per heavy atom. The second-order valence-electron chi connectivity index (χ2n) is 5.75. The van der Waals surface area contributed by atoms with E-state index in [2.05, 4.69) is 18.7 Å². The van der Waals surface area contributed by atoms with Gasteiger partial charge in [0.2, 0.25) is 0 Å². The van der Waals surface area contributed by atoms with Crippen LogP contribution in [0.25, 0.3) is 0 Å². The minimum atomic E-state index is -0.642. The van der Waals surface area contributed by atoms with Crippen LogP contribution in [0.2, 0.25) is 10.0 Å². The van der Waals surface area contributed by atoms with E-state index >= 15 is 0 Å². The molecule has 106 valence electrons. The van der Waals surface area contributed by atoms with Crippen molar-refractivity contribution in [3.63, 3.8) is 0 Å². The fourth-order valence-electron chi connectivity index (χ4n) is 2.76. The molecule has 0 spiro atoms. The highest BCUT2D eigenvalue weighted by atomic mass is 35.5. The average molecular weight is 302 g/mol. The van der Waals surface area contributed by atoms with Crippen LogP contribution in [0.5, 0.6) is 0 Å². The maximum atomic E-state index is 10.7. The third kappa shape index (κ3) is 3.08. The van der Waals surface area contributed by atoms with Gasteiger partial charge in [-0.1, -0.05) is 41.8 Å². The number of benzene rings is 1. The Morgan fingerprint density at radius 3 is 2.42 bits per heavy atom. The van der Waals surface area contributed by atoms with Crippen molar-refractivity contribution in [1.82, 2.24) is 4.90 Å². The lowest BCUT2D eigenvalue weighted by molar-refractivity contribution is -0.0208. The molecule has 1 aliphatic heterocycles. The highest BCUT2D eigenvalue weighted by molar-refractivity contribution is 6.42. The lowest BCUT2D eigenvalue weighted by atomic mass is 9.88. The van der Waals surface area contributed by atoms with Crippen molar-refractivity contribution < 1.29 is 5.11 Å². The van der Waals surface area contributed by atoms with Crippen LogP contribution in [-0.2, 0) is 0 Å². The van der Waals surface area contributed by atoms with Crippen molar-refractivity contribution in [2.45, 2.75) is 44.8 Å². The van der Waals surface area contributed by atoms with Crippen LogP contribution < -0.4 is 0 Å². The van der Waals surface area contributed by atoms with Gasteiger partial charge in [-0.25, -0.2) is 0 Å². The summed E-state index contributed by atoms with van der Waals surface area (Å²) in [6.07, 6.45) is 3.02. The monoisotopic (exact) mass is 301 g/mol. The molecule has 1 unspecified atom stereocenters. The van der Waals surface area contributed by atoms with Gasteiger partial charge in [0.05, 0.1) is 16.1 Å². The predicted octanol–water partition coefficient (Wildman–Crippen LogP) is 4.29. The zero-order valence-corrected chi connectivity index (χ0v) is 13.0. The predicted molar refractivity (Wildman–Crippen MR) is 80.9 cm³/mol. The summed E-state index contributed by atoms with van der Waals surface area (Å²) in [4.78, 5) is 2.35. The number of hydrogen-bond donors (Lipinski definition) is 1. The molecule has 2 nitrogen and oxygen atoms in total. The SMILES string of the molecule is CC(C)(C(O)c1cccc(Cl)c1Cl)N1CCCCC1. The molecule has 1 atom stereocenters. The molecule has 4 heteroatoms. The molecule has 1 heterocycles. The van der Waals surface area contributed by atoms with Gasteiger partial charge in [0.25, 0.3) is 0 Å². The summed E-state index contributed by atoms with van der Waals surface area (Å²) in [5, 5.41) is 11.7. The van der Waals surface area contributed by atoms with Crippen molar-refractivity contribution in [3.8, 4) is 0 Å². The first kappa shape index (κ1) is 15.1. The second-order valence-corrected chi connectivity index (χ2v) is 6.53. The highest BCUT2D eigenvalue weighted by Gasteiger charge is 2.36. The zero-order chi connectivity index (χ0) is 14.0. The molecule has 1 aliphatic rings. The average Bonchev–Trinajstić information content (AvgIpc) is 2.42. The molecular formula is C15H21Cl2NO. The standard InChI is InChI=1S/C15H21Cl2NO/c1-15(2,18-9-4-3-5-10-18)14(19)11-7-6-8-12(16)13(11)17/h6-8,14,19H,3-5,9-10H2,1-2H3. The highest BCUT2D eigenvalue weighted by Crippen LogP contribution is 2.38. The first-order valence-electron chi connectivity index (χ1n) is 6.81. The number of piperidine rings is 1. The summed E-state index contributed by atoms with van der Waals surface area (Å²) in [6, 6.07) is 5.43. The number of aliphatic hydroxyl groups excluding tert-OH is 1. The topological polar surface area (TPSA) is 23.5 Å². The molecule has 0 bridgehead atoms. The molecule has 2 rings (SSSR count). The molecule has 19 heavy (non-hydrogen) atoms. The fourth-order valence-corrected chi connectivity index (χ4v) is 3.17. The lowest BCUT2D eigenvalue weighted by Crippen LogP contribution is -2.50. The summed E-state index contributed by atoms with van der Waals surface area (Å²) in [7, 11) is 0. The molecule has 1 fully saturated rings. The van der Waals surface area contributed by atoms with E-state index < -0.39 is 6.10 Å². The lowest BCUT2D eigenvalue weighted by Gasteiger charge is -2.44. The Morgan fingerprint density at radius 2 is 1.79 bits per heavy atom. The molecule has 1 aromatic rings. The minimum absolute atomic E-state index is 0.339. The number of nitrogens with zero attached hydrogens (tertiary/aromatic N) is 1. The normalized spacial score (nSPS) is 19.4. The van der Waals surface area contributed by atoms with E-state index in [1.165, 1.54) is 19.3 Å². The first-order valence-corrected chi connectivity index (χ1v) is 7.57. The fraction of sp³-hybridized carbons (Fsp3) is 0.600. The molecule has 1 saturated heterocycles. The zero-order valence-electron chi connectivity index (χ0n) is 11.5. The van der Waals surface area contributed by atoms with Crippen molar-refractivity contribution in [2.75, 3.05) is 13.1 Å². The van der Waals surface area contributed by atoms with E-state index in [1.807, 2.05) is 12.1 Å². The number of rotatable bonds is 3. The molecule has 1 aromatic carbocycles. The van der Waals surface area contributed by atoms with Crippen molar-refractivity contribution in [1.29, 1.82) is 0 Å². The number of aliphatic hydroxyl groups is 1. The van der Waals surface area contributed by atoms with Gasteiger partial charge in [0.15, 0.2) is 0 Å². The van der Waals surface area contributed by atoms with Crippen LogP contribution >= 0.6 is 23.2 Å². The van der Waals surface area contributed by atoms with Crippen LogP contribution in [0.4, 0.5) is 0 Å². The van der Waals surface area contributed by atoms with Gasteiger partial charge in [-0.2, -0.15) is 0 Å². The molecule has 0 amide bonds. The van der Waals surface area contributed by atoms with Gasteiger partial charge in [0, 0.05) is 11.1 Å². The van der Waals surface area contributed by atoms with Gasteiger partial charge in [0.1, 0.15) is 0 Å². The van der Waals surface area contributed by atoms with Crippen molar-refractivity contribution >= 4 is 23.2 Å². The van der Waals surface area contributed by atoms with E-state index in [4.69, 9.17) is 23.2 Å². The van der Waals surface area contributed by atoms with Crippen molar-refractivity contribution in [2.24, 2.45) is 0 Å². The van der Waals surface area contributed by atoms with E-state index in [-0.39, 0.29) is 5.54 Å². The Hall–Kier alpha value is -0.280. The van der Waals surface area contributed by atoms with E-state index in [0.29, 0.717) is 15.6 Å². The van der Waals surface area contributed by atoms with Crippen molar-refractivity contribution in [3.05, 3.63) is 33.8 Å². The summed E-state index contributed by atoms with van der Waals surface area (Å²) >= 11 is 12.3. The molecule has 0 aromatic heterocycles. The van der Waals surface area contributed by atoms with E-state index in [9.17, 15) is 5.11 Å². The van der Waals surface area contributed by atoms with Crippen LogP contribution in [0.15, 0.2) is 18.2 Å². The smallest absolute Gasteiger partial charge is 0.0983 e. The summed E-state index contributed by atoms with van der Waals surface area (Å²) in [5.74, 6) is 0. The van der Waals surface area contributed by atoms with Crippen LogP contribution in [0.1, 0.15) is 44.8 Å². The second kappa shape index (κ2) is 6.01. The number of halogens is 2. The third-order valence-electron chi connectivity index (χ3n) is 4.12. The molecule has 1 N–H and O–H groups in total. The maximum Gasteiger partial charge on any atom is 0.0983 e. The Balaban J connectivity index is 2.26. The molecule has 0 radical (unpaired) electrons. The van der Waals surface area contributed by atoms with Crippen LogP contribution in [0.3, 0.4) is 0 Å². The Kier molecular flexibility index (Phi) is 4.78. The van der Waals surface area contributed by atoms with Crippen LogP contribution in [0, 0.1) is 0 Å². The molecule has 0 saturated carbocycles. The summed E-state index contributed by atoms with van der Waals surface area (Å²) < 4.78 is 0. The van der Waals surface area contributed by atoms with Gasteiger partial charge >= 0.3 is 0 Å². The van der Waals surface area contributed by atoms with E-state index in [1.54, 1.807) is 6.07 Å². The van der Waals surface area contributed by atoms with E-state index in [0.717, 1.165) is 13.1 Å².